The van der Waals surface area contributed by atoms with Crippen LogP contribution in [0, 0.1) is 6.92 Å². The Morgan fingerprint density at radius 3 is 2.10 bits per heavy atom. The molecular formula is C22H27F6N2P. The first-order valence-corrected chi connectivity index (χ1v) is 11.8. The van der Waals surface area contributed by atoms with E-state index in [1.807, 2.05) is 18.2 Å². The first-order valence-electron chi connectivity index (χ1n) is 9.79. The Labute approximate surface area is 178 Å². The van der Waals surface area contributed by atoms with Crippen molar-refractivity contribution in [2.45, 2.75) is 39.5 Å². The standard InChI is InChI=1S/C22H26N2.F6P/c1-5-15-24-20-12-11-17(2)16-19(20)22(3,4)21(24)13-14-23-18-9-7-6-8-10-18;1-7(2,3,4,5)6/h6-14,16H,5,15H2,1-4H3;/q;-1/p+1. The second-order valence-corrected chi connectivity index (χ2v) is 9.90. The molecule has 3 rings (SSSR count). The normalized spacial score (nSPS) is 17.5. The van der Waals surface area contributed by atoms with E-state index in [0.717, 1.165) is 18.7 Å². The molecule has 0 unspecified atom stereocenters. The quantitative estimate of drug-likeness (QED) is 0.265. The molecule has 31 heavy (non-hydrogen) atoms. The zero-order valence-corrected chi connectivity index (χ0v) is 18.7. The Bertz CT molecular complexity index is 983. The second-order valence-electron chi connectivity index (χ2n) is 7.98. The van der Waals surface area contributed by atoms with Gasteiger partial charge in [0.05, 0.1) is 5.41 Å². The van der Waals surface area contributed by atoms with Gasteiger partial charge in [-0.3, -0.25) is 0 Å². The molecule has 2 aromatic rings. The monoisotopic (exact) mass is 464 g/mol. The Morgan fingerprint density at radius 1 is 0.968 bits per heavy atom. The number of nitrogens with one attached hydrogen (secondary N) is 1. The van der Waals surface area contributed by atoms with Gasteiger partial charge in [0.25, 0.3) is 0 Å². The van der Waals surface area contributed by atoms with Gasteiger partial charge in [0, 0.05) is 36.0 Å². The Hall–Kier alpha value is -2.34. The van der Waals surface area contributed by atoms with E-state index in [0.29, 0.717) is 0 Å². The molecule has 0 radical (unpaired) electrons. The SMILES string of the molecule is CCC[N+]1=C(/C=C/Nc2ccccc2)C(C)(C)c2cc(C)ccc21.F[P-](F)(F)(F)(F)F. The van der Waals surface area contributed by atoms with Crippen molar-refractivity contribution in [2.24, 2.45) is 0 Å². The fourth-order valence-electron chi connectivity index (χ4n) is 3.51. The number of aryl methyl sites for hydroxylation is 1. The molecule has 2 nitrogen and oxygen atoms in total. The molecule has 2 aromatic carbocycles. The van der Waals surface area contributed by atoms with Gasteiger partial charge in [-0.2, -0.15) is 4.58 Å². The Morgan fingerprint density at radius 2 is 1.55 bits per heavy atom. The molecule has 0 aliphatic carbocycles. The van der Waals surface area contributed by atoms with Gasteiger partial charge in [-0.15, -0.1) is 0 Å². The van der Waals surface area contributed by atoms with Gasteiger partial charge in [-0.1, -0.05) is 36.8 Å². The third-order valence-corrected chi connectivity index (χ3v) is 4.76. The third kappa shape index (κ3) is 8.02. The number of rotatable bonds is 5. The van der Waals surface area contributed by atoms with Crippen molar-refractivity contribution in [3.8, 4) is 0 Å². The summed E-state index contributed by atoms with van der Waals surface area (Å²) in [5, 5.41) is 3.38. The third-order valence-electron chi connectivity index (χ3n) is 4.76. The van der Waals surface area contributed by atoms with Gasteiger partial charge in [0.15, 0.2) is 5.71 Å². The topological polar surface area (TPSA) is 15.0 Å². The molecule has 0 aromatic heterocycles. The van der Waals surface area contributed by atoms with Gasteiger partial charge in [0.2, 0.25) is 5.69 Å². The second kappa shape index (κ2) is 7.97. The zero-order chi connectivity index (χ0) is 23.6. The number of fused-ring (bicyclic) bond motifs is 1. The summed E-state index contributed by atoms with van der Waals surface area (Å²) < 4.78 is 61.7. The summed E-state index contributed by atoms with van der Waals surface area (Å²) in [6, 6.07) is 17.1. The van der Waals surface area contributed by atoms with Crippen molar-refractivity contribution in [2.75, 3.05) is 11.9 Å². The molecular weight excluding hydrogens is 437 g/mol. The molecule has 0 atom stereocenters. The average Bonchev–Trinajstić information content (AvgIpc) is 2.81. The predicted octanol–water partition coefficient (Wildman–Crippen LogP) is 8.79. The van der Waals surface area contributed by atoms with Crippen LogP contribution in [0.15, 0.2) is 60.8 Å². The van der Waals surface area contributed by atoms with Crippen LogP contribution in [-0.2, 0) is 5.41 Å². The molecule has 1 aliphatic heterocycles. The minimum absolute atomic E-state index is 0.0192. The number of hydrogen-bond acceptors (Lipinski definition) is 1. The number of nitrogens with zero attached hydrogens (tertiary/aromatic N) is 1. The number of anilines is 1. The van der Waals surface area contributed by atoms with Crippen LogP contribution in [0.25, 0.3) is 0 Å². The fourth-order valence-corrected chi connectivity index (χ4v) is 3.51. The summed E-state index contributed by atoms with van der Waals surface area (Å²) in [7, 11) is -10.7. The van der Waals surface area contributed by atoms with Crippen molar-refractivity contribution in [3.05, 3.63) is 71.9 Å². The average molecular weight is 464 g/mol. The maximum absolute atomic E-state index is 10.7. The number of halogens is 6. The van der Waals surface area contributed by atoms with Crippen LogP contribution >= 0.6 is 7.81 Å². The van der Waals surface area contributed by atoms with Gasteiger partial charge >= 0.3 is 33.0 Å². The van der Waals surface area contributed by atoms with Crippen molar-refractivity contribution in [3.63, 3.8) is 0 Å². The van der Waals surface area contributed by atoms with Gasteiger partial charge in [-0.05, 0) is 39.0 Å². The molecule has 1 N–H and O–H groups in total. The van der Waals surface area contributed by atoms with E-state index in [1.54, 1.807) is 0 Å². The van der Waals surface area contributed by atoms with Crippen LogP contribution in [0.3, 0.4) is 0 Å². The molecule has 0 bridgehead atoms. The van der Waals surface area contributed by atoms with E-state index < -0.39 is 7.81 Å². The summed E-state index contributed by atoms with van der Waals surface area (Å²) in [6.45, 7) is 10.1. The fraction of sp³-hybridized carbons (Fsp3) is 0.318. The van der Waals surface area contributed by atoms with E-state index in [4.69, 9.17) is 0 Å². The number of para-hydroxylation sites is 1. The van der Waals surface area contributed by atoms with E-state index in [2.05, 4.69) is 80.2 Å². The molecule has 9 heteroatoms. The van der Waals surface area contributed by atoms with Crippen molar-refractivity contribution >= 4 is 24.9 Å². The molecule has 0 saturated carbocycles. The Kier molecular flexibility index (Phi) is 6.41. The Balaban J connectivity index is 0.000000423. The number of allylic oxidation sites excluding steroid dienone is 1. The molecule has 1 aliphatic rings. The zero-order valence-electron chi connectivity index (χ0n) is 17.8. The van der Waals surface area contributed by atoms with Crippen LogP contribution in [0.5, 0.6) is 0 Å². The van der Waals surface area contributed by atoms with Crippen molar-refractivity contribution < 1.29 is 29.8 Å². The molecule has 0 fully saturated rings. The summed E-state index contributed by atoms with van der Waals surface area (Å²) in [5.74, 6) is 0. The van der Waals surface area contributed by atoms with Gasteiger partial charge in [0.1, 0.15) is 6.54 Å². The van der Waals surface area contributed by atoms with Crippen LogP contribution in [0.4, 0.5) is 36.6 Å². The predicted molar refractivity (Wildman–Crippen MR) is 117 cm³/mol. The van der Waals surface area contributed by atoms with Crippen LogP contribution in [-0.4, -0.2) is 16.8 Å². The molecule has 1 heterocycles. The minimum atomic E-state index is -10.7. The van der Waals surface area contributed by atoms with Crippen LogP contribution < -0.4 is 5.32 Å². The van der Waals surface area contributed by atoms with E-state index >= 15 is 0 Å². The molecule has 0 saturated heterocycles. The summed E-state index contributed by atoms with van der Waals surface area (Å²) in [6.07, 6.45) is 5.43. The number of hydrogen-bond donors (Lipinski definition) is 1. The summed E-state index contributed by atoms with van der Waals surface area (Å²) in [5.41, 5.74) is 6.59. The summed E-state index contributed by atoms with van der Waals surface area (Å²) in [4.78, 5) is 0. The van der Waals surface area contributed by atoms with Crippen molar-refractivity contribution in [1.82, 2.24) is 0 Å². The maximum atomic E-state index is 9.87. The van der Waals surface area contributed by atoms with E-state index in [9.17, 15) is 25.2 Å². The van der Waals surface area contributed by atoms with Crippen molar-refractivity contribution in [1.29, 1.82) is 0 Å². The molecule has 0 spiro atoms. The number of benzene rings is 2. The van der Waals surface area contributed by atoms with Crippen LogP contribution in [0.2, 0.25) is 0 Å². The first-order chi connectivity index (χ1) is 14.0. The van der Waals surface area contributed by atoms with E-state index in [1.165, 1.54) is 22.5 Å². The first kappa shape index (κ1) is 24.9. The van der Waals surface area contributed by atoms with Gasteiger partial charge in [-0.25, -0.2) is 0 Å². The summed E-state index contributed by atoms with van der Waals surface area (Å²) >= 11 is 0. The van der Waals surface area contributed by atoms with Gasteiger partial charge < -0.3 is 5.32 Å². The molecule has 172 valence electrons. The van der Waals surface area contributed by atoms with Crippen LogP contribution in [0.1, 0.15) is 38.3 Å². The van der Waals surface area contributed by atoms with E-state index in [-0.39, 0.29) is 5.41 Å². The molecule has 0 amide bonds.